The minimum atomic E-state index is 0. The second kappa shape index (κ2) is 7.31. The van der Waals surface area contributed by atoms with Gasteiger partial charge in [0.25, 0.3) is 0 Å². The molecular weight excluding hydrogens is 250 g/mol. The smallest absolute Gasteiger partial charge is 0.236 e. The zero-order valence-corrected chi connectivity index (χ0v) is 12.1. The van der Waals surface area contributed by atoms with Gasteiger partial charge in [0.05, 0.1) is 6.54 Å². The fraction of sp³-hybridized carbons (Fsp3) is 0.923. The van der Waals surface area contributed by atoms with Crippen molar-refractivity contribution in [3.8, 4) is 0 Å². The van der Waals surface area contributed by atoms with Crippen LogP contribution in [-0.2, 0) is 4.79 Å². The summed E-state index contributed by atoms with van der Waals surface area (Å²) in [5, 5.41) is 0. The van der Waals surface area contributed by atoms with E-state index in [1.807, 2.05) is 4.90 Å². The molecule has 5 heteroatoms. The minimum Gasteiger partial charge on any atom is -0.342 e. The molecule has 2 aliphatic rings. The van der Waals surface area contributed by atoms with E-state index in [0.717, 1.165) is 57.8 Å². The van der Waals surface area contributed by atoms with Gasteiger partial charge in [-0.15, -0.1) is 12.4 Å². The monoisotopic (exact) mass is 275 g/mol. The molecule has 0 spiro atoms. The van der Waals surface area contributed by atoms with Crippen molar-refractivity contribution in [3.05, 3.63) is 0 Å². The first-order valence-electron chi connectivity index (χ1n) is 6.91. The van der Waals surface area contributed by atoms with Crippen LogP contribution in [0, 0.1) is 5.92 Å². The number of halogens is 1. The number of hydrogen-bond acceptors (Lipinski definition) is 3. The molecular formula is C13H26ClN3O. The number of nitrogens with zero attached hydrogens (tertiary/aromatic N) is 2. The molecule has 106 valence electrons. The molecule has 18 heavy (non-hydrogen) atoms. The molecule has 0 aromatic carbocycles. The van der Waals surface area contributed by atoms with Crippen LogP contribution >= 0.6 is 12.4 Å². The lowest BCUT2D eigenvalue weighted by Gasteiger charge is -2.34. The number of likely N-dealkylation sites (tertiary alicyclic amines) is 2. The second-order valence-corrected chi connectivity index (χ2v) is 5.70. The third-order valence-corrected chi connectivity index (χ3v) is 4.04. The zero-order chi connectivity index (χ0) is 12.3. The lowest BCUT2D eigenvalue weighted by molar-refractivity contribution is -0.134. The van der Waals surface area contributed by atoms with Gasteiger partial charge in [0.2, 0.25) is 5.91 Å². The SMILES string of the molecule is CC1CCN(C(=O)CN2CCC[C@@H](N)C2)CC1.Cl. The predicted molar refractivity (Wildman–Crippen MR) is 75.9 cm³/mol. The van der Waals surface area contributed by atoms with Crippen LogP contribution in [0.15, 0.2) is 0 Å². The molecule has 1 atom stereocenters. The topological polar surface area (TPSA) is 49.6 Å². The van der Waals surface area contributed by atoms with Crippen molar-refractivity contribution < 1.29 is 4.79 Å². The Labute approximate surface area is 116 Å². The van der Waals surface area contributed by atoms with Crippen molar-refractivity contribution in [1.82, 2.24) is 9.80 Å². The summed E-state index contributed by atoms with van der Waals surface area (Å²) >= 11 is 0. The molecule has 0 radical (unpaired) electrons. The van der Waals surface area contributed by atoms with Crippen molar-refractivity contribution in [3.63, 3.8) is 0 Å². The molecule has 2 heterocycles. The van der Waals surface area contributed by atoms with Crippen LogP contribution in [0.2, 0.25) is 0 Å². The zero-order valence-electron chi connectivity index (χ0n) is 11.3. The number of carbonyl (C=O) groups excluding carboxylic acids is 1. The Morgan fingerprint density at radius 2 is 1.89 bits per heavy atom. The molecule has 2 saturated heterocycles. The summed E-state index contributed by atoms with van der Waals surface area (Å²) in [6, 6.07) is 0.262. The molecule has 4 nitrogen and oxygen atoms in total. The molecule has 0 saturated carbocycles. The maximum Gasteiger partial charge on any atom is 0.236 e. The summed E-state index contributed by atoms with van der Waals surface area (Å²) in [7, 11) is 0. The normalized spacial score (nSPS) is 26.8. The lowest BCUT2D eigenvalue weighted by atomic mass is 9.99. The molecule has 2 fully saturated rings. The molecule has 1 amide bonds. The van der Waals surface area contributed by atoms with Crippen LogP contribution < -0.4 is 5.73 Å². The van der Waals surface area contributed by atoms with Crippen LogP contribution in [0.25, 0.3) is 0 Å². The molecule has 0 unspecified atom stereocenters. The van der Waals surface area contributed by atoms with E-state index in [2.05, 4.69) is 11.8 Å². The van der Waals surface area contributed by atoms with Gasteiger partial charge in [-0.3, -0.25) is 9.69 Å². The number of carbonyl (C=O) groups is 1. The highest BCUT2D eigenvalue weighted by atomic mass is 35.5. The Morgan fingerprint density at radius 1 is 1.22 bits per heavy atom. The summed E-state index contributed by atoms with van der Waals surface area (Å²) in [5.74, 6) is 1.08. The van der Waals surface area contributed by atoms with Gasteiger partial charge < -0.3 is 10.6 Å². The van der Waals surface area contributed by atoms with Crippen LogP contribution in [0.1, 0.15) is 32.6 Å². The Morgan fingerprint density at radius 3 is 2.50 bits per heavy atom. The molecule has 0 aliphatic carbocycles. The van der Waals surface area contributed by atoms with E-state index in [1.54, 1.807) is 0 Å². The Bertz CT molecular complexity index is 267. The quantitative estimate of drug-likeness (QED) is 0.821. The average Bonchev–Trinajstić information content (AvgIpc) is 2.29. The van der Waals surface area contributed by atoms with Crippen LogP contribution in [0.5, 0.6) is 0 Å². The van der Waals surface area contributed by atoms with Gasteiger partial charge >= 0.3 is 0 Å². The summed E-state index contributed by atoms with van der Waals surface area (Å²) in [5.41, 5.74) is 5.93. The van der Waals surface area contributed by atoms with Crippen molar-refractivity contribution >= 4 is 18.3 Å². The van der Waals surface area contributed by atoms with Gasteiger partial charge in [-0.2, -0.15) is 0 Å². The van der Waals surface area contributed by atoms with E-state index in [-0.39, 0.29) is 18.4 Å². The fourth-order valence-corrected chi connectivity index (χ4v) is 2.78. The van der Waals surface area contributed by atoms with Gasteiger partial charge in [0.1, 0.15) is 0 Å². The second-order valence-electron chi connectivity index (χ2n) is 5.70. The highest BCUT2D eigenvalue weighted by molar-refractivity contribution is 5.85. The maximum absolute atomic E-state index is 12.1. The third-order valence-electron chi connectivity index (χ3n) is 4.04. The highest BCUT2D eigenvalue weighted by Gasteiger charge is 2.24. The largest absolute Gasteiger partial charge is 0.342 e. The predicted octanol–water partition coefficient (Wildman–Crippen LogP) is 1.09. The first kappa shape index (κ1) is 15.7. The minimum absolute atomic E-state index is 0. The van der Waals surface area contributed by atoms with Gasteiger partial charge in [0.15, 0.2) is 0 Å². The lowest BCUT2D eigenvalue weighted by Crippen LogP contribution is -2.49. The van der Waals surface area contributed by atoms with Gasteiger partial charge in [-0.05, 0) is 38.1 Å². The Kier molecular flexibility index (Phi) is 6.39. The maximum atomic E-state index is 12.1. The Balaban J connectivity index is 0.00000162. The molecule has 0 aromatic heterocycles. The van der Waals surface area contributed by atoms with Gasteiger partial charge in [0, 0.05) is 25.7 Å². The van der Waals surface area contributed by atoms with Crippen LogP contribution in [-0.4, -0.2) is 54.5 Å². The van der Waals surface area contributed by atoms with E-state index in [9.17, 15) is 4.79 Å². The average molecular weight is 276 g/mol. The first-order valence-corrected chi connectivity index (χ1v) is 6.91. The van der Waals surface area contributed by atoms with Crippen molar-refractivity contribution in [2.45, 2.75) is 38.6 Å². The van der Waals surface area contributed by atoms with E-state index in [0.29, 0.717) is 12.5 Å². The van der Waals surface area contributed by atoms with E-state index < -0.39 is 0 Å². The summed E-state index contributed by atoms with van der Waals surface area (Å²) in [4.78, 5) is 16.4. The summed E-state index contributed by atoms with van der Waals surface area (Å²) in [6.07, 6.45) is 4.55. The van der Waals surface area contributed by atoms with E-state index >= 15 is 0 Å². The van der Waals surface area contributed by atoms with Crippen LogP contribution in [0.4, 0.5) is 0 Å². The summed E-state index contributed by atoms with van der Waals surface area (Å²) in [6.45, 7) is 6.65. The molecule has 2 N–H and O–H groups in total. The van der Waals surface area contributed by atoms with E-state index in [4.69, 9.17) is 5.73 Å². The number of piperidine rings is 2. The molecule has 0 bridgehead atoms. The highest BCUT2D eigenvalue weighted by Crippen LogP contribution is 2.16. The third kappa shape index (κ3) is 4.41. The fourth-order valence-electron chi connectivity index (χ4n) is 2.78. The van der Waals surface area contributed by atoms with Crippen LogP contribution in [0.3, 0.4) is 0 Å². The molecule has 2 aliphatic heterocycles. The number of nitrogens with two attached hydrogens (primary N) is 1. The van der Waals surface area contributed by atoms with E-state index in [1.165, 1.54) is 0 Å². The number of rotatable bonds is 2. The Hall–Kier alpha value is -0.320. The standard InChI is InChI=1S/C13H25N3O.ClH/c1-11-4-7-16(8-5-11)13(17)10-15-6-2-3-12(14)9-15;/h11-12H,2-10,14H2,1H3;1H/t12-;/m1./s1. The molecule has 2 rings (SSSR count). The first-order chi connectivity index (χ1) is 8.15. The van der Waals surface area contributed by atoms with Crippen molar-refractivity contribution in [2.24, 2.45) is 11.7 Å². The number of amides is 1. The van der Waals surface area contributed by atoms with Gasteiger partial charge in [-0.25, -0.2) is 0 Å². The number of hydrogen-bond donors (Lipinski definition) is 1. The summed E-state index contributed by atoms with van der Waals surface area (Å²) < 4.78 is 0. The molecule has 0 aromatic rings. The van der Waals surface area contributed by atoms with Crippen molar-refractivity contribution in [1.29, 1.82) is 0 Å². The van der Waals surface area contributed by atoms with Crippen molar-refractivity contribution in [2.75, 3.05) is 32.7 Å². The van der Waals surface area contributed by atoms with Gasteiger partial charge in [-0.1, -0.05) is 6.92 Å².